The molecule has 0 aromatic heterocycles. The second-order valence-corrected chi connectivity index (χ2v) is 4.64. The summed E-state index contributed by atoms with van der Waals surface area (Å²) >= 11 is 0. The second-order valence-electron chi connectivity index (χ2n) is 4.64. The van der Waals surface area contributed by atoms with Crippen LogP contribution >= 0.6 is 0 Å². The molecule has 2 heteroatoms. The average molecular weight is 195 g/mol. The smallest absolute Gasteiger partial charge is 0.0594 e. The standard InChI is InChI=1S/C12H21NO/c1-9-8-11(14-3)6-7-12(13(9)2)10-4-5-10/h9,11H,4-8H2,1-3H3. The lowest BCUT2D eigenvalue weighted by Crippen LogP contribution is -2.29. The van der Waals surface area contributed by atoms with E-state index in [2.05, 4.69) is 18.9 Å². The van der Waals surface area contributed by atoms with Gasteiger partial charge in [-0.15, -0.1) is 0 Å². The lowest BCUT2D eigenvalue weighted by atomic mass is 10.1. The van der Waals surface area contributed by atoms with E-state index in [4.69, 9.17) is 4.74 Å². The predicted molar refractivity (Wildman–Crippen MR) is 58.1 cm³/mol. The number of hydrogen-bond acceptors (Lipinski definition) is 2. The molecule has 14 heavy (non-hydrogen) atoms. The van der Waals surface area contributed by atoms with Gasteiger partial charge in [0.15, 0.2) is 0 Å². The molecule has 0 spiro atoms. The lowest BCUT2D eigenvalue weighted by molar-refractivity contribution is 0.0806. The fraction of sp³-hybridized carbons (Fsp3) is 0.833. The molecule has 0 N–H and O–H groups in total. The molecule has 2 rings (SSSR count). The maximum absolute atomic E-state index is 5.49. The van der Waals surface area contributed by atoms with Gasteiger partial charge in [-0.3, -0.25) is 0 Å². The van der Waals surface area contributed by atoms with Gasteiger partial charge in [-0.05, 0) is 39.0 Å². The van der Waals surface area contributed by atoms with E-state index in [0.29, 0.717) is 12.1 Å². The van der Waals surface area contributed by atoms with E-state index >= 15 is 0 Å². The van der Waals surface area contributed by atoms with Crippen LogP contribution in [0, 0.1) is 0 Å². The van der Waals surface area contributed by atoms with Crippen molar-refractivity contribution in [3.05, 3.63) is 11.3 Å². The Bertz CT molecular complexity index is 241. The molecule has 2 unspecified atom stereocenters. The monoisotopic (exact) mass is 195 g/mol. The van der Waals surface area contributed by atoms with Crippen molar-refractivity contribution in [3.8, 4) is 0 Å². The van der Waals surface area contributed by atoms with Crippen molar-refractivity contribution < 1.29 is 4.74 Å². The lowest BCUT2D eigenvalue weighted by Gasteiger charge is -2.27. The minimum Gasteiger partial charge on any atom is -0.381 e. The predicted octanol–water partition coefficient (Wildman–Crippen LogP) is 2.55. The van der Waals surface area contributed by atoms with Crippen molar-refractivity contribution in [1.82, 2.24) is 4.90 Å². The molecule has 80 valence electrons. The number of rotatable bonds is 1. The molecule has 2 nitrogen and oxygen atoms in total. The summed E-state index contributed by atoms with van der Waals surface area (Å²) in [5.74, 6) is 0. The van der Waals surface area contributed by atoms with Crippen LogP contribution in [0.1, 0.15) is 39.0 Å². The Morgan fingerprint density at radius 1 is 1.29 bits per heavy atom. The summed E-state index contributed by atoms with van der Waals surface area (Å²) in [6, 6.07) is 0.630. The Balaban J connectivity index is 2.11. The summed E-state index contributed by atoms with van der Waals surface area (Å²) in [5.41, 5.74) is 3.30. The summed E-state index contributed by atoms with van der Waals surface area (Å²) in [6.07, 6.45) is 6.72. The van der Waals surface area contributed by atoms with Gasteiger partial charge >= 0.3 is 0 Å². The molecule has 0 aromatic carbocycles. The van der Waals surface area contributed by atoms with Crippen molar-refractivity contribution in [1.29, 1.82) is 0 Å². The van der Waals surface area contributed by atoms with Crippen LogP contribution in [0.2, 0.25) is 0 Å². The summed E-state index contributed by atoms with van der Waals surface area (Å²) in [5, 5.41) is 0. The molecular weight excluding hydrogens is 174 g/mol. The number of allylic oxidation sites excluding steroid dienone is 2. The average Bonchev–Trinajstić information content (AvgIpc) is 2.98. The number of nitrogens with zero attached hydrogens (tertiary/aromatic N) is 1. The SMILES string of the molecule is COC1CCC(=C2CC2)N(C)C(C)C1. The summed E-state index contributed by atoms with van der Waals surface area (Å²) in [7, 11) is 4.08. The zero-order valence-electron chi connectivity index (χ0n) is 9.55. The summed E-state index contributed by atoms with van der Waals surface area (Å²) in [4.78, 5) is 2.47. The van der Waals surface area contributed by atoms with Gasteiger partial charge in [0.05, 0.1) is 6.10 Å². The van der Waals surface area contributed by atoms with E-state index in [0.717, 1.165) is 0 Å². The molecule has 2 atom stereocenters. The summed E-state index contributed by atoms with van der Waals surface area (Å²) < 4.78 is 5.49. The first kappa shape index (κ1) is 10.0. The number of likely N-dealkylation sites (tertiary alicyclic amines) is 1. The van der Waals surface area contributed by atoms with Gasteiger partial charge in [0.1, 0.15) is 0 Å². The van der Waals surface area contributed by atoms with Crippen LogP contribution in [0.25, 0.3) is 0 Å². The quantitative estimate of drug-likeness (QED) is 0.637. The molecular formula is C12H21NO. The van der Waals surface area contributed by atoms with Gasteiger partial charge in [-0.1, -0.05) is 5.57 Å². The third-order valence-electron chi connectivity index (χ3n) is 3.64. The van der Waals surface area contributed by atoms with E-state index in [-0.39, 0.29) is 0 Å². The zero-order valence-corrected chi connectivity index (χ0v) is 9.55. The first-order valence-electron chi connectivity index (χ1n) is 5.69. The highest BCUT2D eigenvalue weighted by Gasteiger charge is 2.27. The first-order chi connectivity index (χ1) is 6.72. The van der Waals surface area contributed by atoms with Crippen molar-refractivity contribution in [2.75, 3.05) is 14.2 Å². The highest BCUT2D eigenvalue weighted by Crippen LogP contribution is 2.37. The van der Waals surface area contributed by atoms with Crippen LogP contribution in [-0.4, -0.2) is 31.2 Å². The molecule has 2 fully saturated rings. The van der Waals surface area contributed by atoms with Crippen molar-refractivity contribution in [3.63, 3.8) is 0 Å². The Morgan fingerprint density at radius 2 is 2.00 bits per heavy atom. The highest BCUT2D eigenvalue weighted by atomic mass is 16.5. The van der Waals surface area contributed by atoms with E-state index in [9.17, 15) is 0 Å². The third kappa shape index (κ3) is 1.95. The maximum Gasteiger partial charge on any atom is 0.0594 e. The zero-order chi connectivity index (χ0) is 10.1. The van der Waals surface area contributed by atoms with E-state index < -0.39 is 0 Å². The van der Waals surface area contributed by atoms with Crippen molar-refractivity contribution >= 4 is 0 Å². The fourth-order valence-corrected chi connectivity index (χ4v) is 2.39. The second kappa shape index (κ2) is 3.93. The largest absolute Gasteiger partial charge is 0.381 e. The Kier molecular flexibility index (Phi) is 2.82. The third-order valence-corrected chi connectivity index (χ3v) is 3.64. The van der Waals surface area contributed by atoms with E-state index in [1.54, 1.807) is 11.3 Å². The number of hydrogen-bond donors (Lipinski definition) is 0. The first-order valence-corrected chi connectivity index (χ1v) is 5.69. The molecule has 0 radical (unpaired) electrons. The number of ether oxygens (including phenoxy) is 1. The van der Waals surface area contributed by atoms with Crippen LogP contribution in [0.15, 0.2) is 11.3 Å². The molecule has 1 heterocycles. The Hall–Kier alpha value is -0.500. The maximum atomic E-state index is 5.49. The Labute approximate surface area is 86.9 Å². The molecule has 0 bridgehead atoms. The van der Waals surface area contributed by atoms with Gasteiger partial charge in [0.2, 0.25) is 0 Å². The van der Waals surface area contributed by atoms with Gasteiger partial charge < -0.3 is 9.64 Å². The van der Waals surface area contributed by atoms with Gasteiger partial charge in [0.25, 0.3) is 0 Å². The van der Waals surface area contributed by atoms with Gasteiger partial charge in [-0.2, -0.15) is 0 Å². The molecule has 1 saturated carbocycles. The van der Waals surface area contributed by atoms with Gasteiger partial charge in [0, 0.05) is 25.9 Å². The molecule has 0 amide bonds. The molecule has 1 aliphatic carbocycles. The van der Waals surface area contributed by atoms with E-state index in [1.807, 2.05) is 7.11 Å². The number of methoxy groups -OCH3 is 1. The van der Waals surface area contributed by atoms with Gasteiger partial charge in [-0.25, -0.2) is 0 Å². The minimum atomic E-state index is 0.462. The molecule has 1 aliphatic heterocycles. The molecule has 2 aliphatic rings. The van der Waals surface area contributed by atoms with Crippen LogP contribution in [0.5, 0.6) is 0 Å². The minimum absolute atomic E-state index is 0.462. The van der Waals surface area contributed by atoms with Crippen molar-refractivity contribution in [2.24, 2.45) is 0 Å². The van der Waals surface area contributed by atoms with Crippen LogP contribution in [0.3, 0.4) is 0 Å². The Morgan fingerprint density at radius 3 is 2.57 bits per heavy atom. The summed E-state index contributed by atoms with van der Waals surface area (Å²) in [6.45, 7) is 2.31. The fourth-order valence-electron chi connectivity index (χ4n) is 2.39. The normalized spacial score (nSPS) is 33.2. The highest BCUT2D eigenvalue weighted by molar-refractivity contribution is 5.25. The molecule has 0 aromatic rings. The van der Waals surface area contributed by atoms with Crippen LogP contribution in [0.4, 0.5) is 0 Å². The van der Waals surface area contributed by atoms with Crippen molar-refractivity contribution in [2.45, 2.75) is 51.2 Å². The topological polar surface area (TPSA) is 12.5 Å². The van der Waals surface area contributed by atoms with Crippen LogP contribution in [-0.2, 0) is 4.74 Å². The van der Waals surface area contributed by atoms with Crippen LogP contribution < -0.4 is 0 Å². The van der Waals surface area contributed by atoms with E-state index in [1.165, 1.54) is 32.1 Å². The molecule has 1 saturated heterocycles.